The summed E-state index contributed by atoms with van der Waals surface area (Å²) in [5.41, 5.74) is 2.63. The Morgan fingerprint density at radius 3 is 2.57 bits per heavy atom. The van der Waals surface area contributed by atoms with Crippen molar-refractivity contribution in [2.75, 3.05) is 42.9 Å². The standard InChI is InChI=1S/C21H27FN4O2/c1-16-4-3-5-18(14-16)25-12-10-24(11-13-25)9-8-17(2)23-21-7-6-19(26(27)28)15-20(21)22/h3-7,14-15,17,23H,8-13H2,1-2H3. The van der Waals surface area contributed by atoms with E-state index < -0.39 is 10.7 Å². The predicted molar refractivity (Wildman–Crippen MR) is 111 cm³/mol. The Balaban J connectivity index is 1.44. The Bertz CT molecular complexity index is 822. The summed E-state index contributed by atoms with van der Waals surface area (Å²) >= 11 is 0. The van der Waals surface area contributed by atoms with E-state index in [2.05, 4.69) is 46.3 Å². The number of non-ortho nitro benzene ring substituents is 1. The van der Waals surface area contributed by atoms with Gasteiger partial charge >= 0.3 is 0 Å². The first kappa shape index (κ1) is 20.1. The molecule has 1 atom stereocenters. The molecule has 2 aromatic carbocycles. The molecular formula is C21H27FN4O2. The van der Waals surface area contributed by atoms with Crippen LogP contribution in [0.2, 0.25) is 0 Å². The van der Waals surface area contributed by atoms with Gasteiger partial charge in [-0.3, -0.25) is 15.0 Å². The Hall–Kier alpha value is -2.67. The summed E-state index contributed by atoms with van der Waals surface area (Å²) in [5, 5.41) is 13.8. The van der Waals surface area contributed by atoms with Crippen LogP contribution in [0.3, 0.4) is 0 Å². The van der Waals surface area contributed by atoms with E-state index in [-0.39, 0.29) is 11.7 Å². The van der Waals surface area contributed by atoms with Gasteiger partial charge in [0.25, 0.3) is 5.69 Å². The highest BCUT2D eigenvalue weighted by atomic mass is 19.1. The van der Waals surface area contributed by atoms with Crippen molar-refractivity contribution < 1.29 is 9.31 Å². The van der Waals surface area contributed by atoms with Crippen LogP contribution in [0.1, 0.15) is 18.9 Å². The molecule has 0 radical (unpaired) electrons. The highest BCUT2D eigenvalue weighted by Gasteiger charge is 2.18. The van der Waals surface area contributed by atoms with Gasteiger partial charge in [-0.2, -0.15) is 0 Å². The molecule has 1 aliphatic heterocycles. The second-order valence-corrected chi connectivity index (χ2v) is 7.42. The number of nitro benzene ring substituents is 1. The lowest BCUT2D eigenvalue weighted by Crippen LogP contribution is -2.47. The highest BCUT2D eigenvalue weighted by Crippen LogP contribution is 2.22. The fourth-order valence-corrected chi connectivity index (χ4v) is 3.50. The summed E-state index contributed by atoms with van der Waals surface area (Å²) in [6, 6.07) is 12.4. The molecule has 2 aromatic rings. The number of rotatable bonds is 7. The van der Waals surface area contributed by atoms with E-state index in [1.807, 2.05) is 6.92 Å². The number of anilines is 2. The van der Waals surface area contributed by atoms with Crippen molar-refractivity contribution in [1.82, 2.24) is 4.90 Å². The molecule has 150 valence electrons. The average Bonchev–Trinajstić information content (AvgIpc) is 2.68. The summed E-state index contributed by atoms with van der Waals surface area (Å²) in [6.45, 7) is 9.07. The maximum absolute atomic E-state index is 14.0. The molecule has 0 saturated carbocycles. The van der Waals surface area contributed by atoms with Crippen LogP contribution in [0.15, 0.2) is 42.5 Å². The van der Waals surface area contributed by atoms with E-state index in [1.54, 1.807) is 0 Å². The number of nitrogens with one attached hydrogen (secondary N) is 1. The normalized spacial score (nSPS) is 16.0. The second kappa shape index (κ2) is 9.01. The largest absolute Gasteiger partial charge is 0.380 e. The van der Waals surface area contributed by atoms with Crippen molar-refractivity contribution in [2.45, 2.75) is 26.3 Å². The number of hydrogen-bond acceptors (Lipinski definition) is 5. The summed E-state index contributed by atoms with van der Waals surface area (Å²) in [5.74, 6) is -0.590. The number of hydrogen-bond donors (Lipinski definition) is 1. The van der Waals surface area contributed by atoms with E-state index in [4.69, 9.17) is 0 Å². The lowest BCUT2D eigenvalue weighted by Gasteiger charge is -2.36. The SMILES string of the molecule is Cc1cccc(N2CCN(CCC(C)Nc3ccc([N+](=O)[O-])cc3F)CC2)c1. The smallest absolute Gasteiger partial charge is 0.272 e. The second-order valence-electron chi connectivity index (χ2n) is 7.42. The first-order valence-corrected chi connectivity index (χ1v) is 9.67. The summed E-state index contributed by atoms with van der Waals surface area (Å²) in [7, 11) is 0. The van der Waals surface area contributed by atoms with Crippen LogP contribution in [-0.2, 0) is 0 Å². The molecule has 0 amide bonds. The number of aryl methyl sites for hydroxylation is 1. The Morgan fingerprint density at radius 2 is 1.93 bits per heavy atom. The molecule has 7 heteroatoms. The minimum Gasteiger partial charge on any atom is -0.380 e. The van der Waals surface area contributed by atoms with E-state index >= 15 is 0 Å². The van der Waals surface area contributed by atoms with E-state index in [1.165, 1.54) is 23.4 Å². The maximum Gasteiger partial charge on any atom is 0.272 e. The number of nitrogens with zero attached hydrogens (tertiary/aromatic N) is 3. The van der Waals surface area contributed by atoms with Gasteiger partial charge in [0.2, 0.25) is 0 Å². The molecule has 0 aromatic heterocycles. The minimum absolute atomic E-state index is 0.0748. The summed E-state index contributed by atoms with van der Waals surface area (Å²) < 4.78 is 14.0. The zero-order valence-corrected chi connectivity index (χ0v) is 16.4. The third kappa shape index (κ3) is 5.19. The van der Waals surface area contributed by atoms with Gasteiger partial charge in [0.15, 0.2) is 5.82 Å². The molecule has 1 unspecified atom stereocenters. The van der Waals surface area contributed by atoms with Crippen LogP contribution >= 0.6 is 0 Å². The quantitative estimate of drug-likeness (QED) is 0.574. The van der Waals surface area contributed by atoms with Crippen molar-refractivity contribution in [3.05, 3.63) is 64.0 Å². The molecule has 0 bridgehead atoms. The van der Waals surface area contributed by atoms with E-state index in [0.29, 0.717) is 5.69 Å². The molecule has 28 heavy (non-hydrogen) atoms. The number of nitro groups is 1. The molecule has 1 N–H and O–H groups in total. The molecule has 3 rings (SSSR count). The van der Waals surface area contributed by atoms with E-state index in [0.717, 1.165) is 45.2 Å². The van der Waals surface area contributed by atoms with Gasteiger partial charge in [-0.1, -0.05) is 12.1 Å². The molecule has 6 nitrogen and oxygen atoms in total. The van der Waals surface area contributed by atoms with Crippen molar-refractivity contribution in [3.63, 3.8) is 0 Å². The Labute approximate surface area is 165 Å². The van der Waals surface area contributed by atoms with Crippen molar-refractivity contribution in [2.24, 2.45) is 0 Å². The lowest BCUT2D eigenvalue weighted by atomic mass is 10.1. The van der Waals surface area contributed by atoms with Gasteiger partial charge < -0.3 is 10.2 Å². The summed E-state index contributed by atoms with van der Waals surface area (Å²) in [4.78, 5) is 15.0. The lowest BCUT2D eigenvalue weighted by molar-refractivity contribution is -0.385. The molecule has 0 aliphatic carbocycles. The number of halogens is 1. The molecule has 0 spiro atoms. The minimum atomic E-state index is -0.591. The average molecular weight is 386 g/mol. The van der Waals surface area contributed by atoms with Crippen LogP contribution in [0.4, 0.5) is 21.5 Å². The van der Waals surface area contributed by atoms with E-state index in [9.17, 15) is 14.5 Å². The molecule has 1 aliphatic rings. The first-order valence-electron chi connectivity index (χ1n) is 9.67. The van der Waals surface area contributed by atoms with Gasteiger partial charge in [-0.15, -0.1) is 0 Å². The monoisotopic (exact) mass is 386 g/mol. The van der Waals surface area contributed by atoms with Gasteiger partial charge in [0.05, 0.1) is 16.7 Å². The van der Waals surface area contributed by atoms with Gasteiger partial charge in [0, 0.05) is 50.5 Å². The molecule has 1 heterocycles. The van der Waals surface area contributed by atoms with Crippen LogP contribution in [0.25, 0.3) is 0 Å². The summed E-state index contributed by atoms with van der Waals surface area (Å²) in [6.07, 6.45) is 0.876. The fraction of sp³-hybridized carbons (Fsp3) is 0.429. The van der Waals surface area contributed by atoms with Crippen molar-refractivity contribution in [1.29, 1.82) is 0 Å². The first-order chi connectivity index (χ1) is 13.4. The van der Waals surface area contributed by atoms with Crippen molar-refractivity contribution in [3.8, 4) is 0 Å². The number of benzene rings is 2. The highest BCUT2D eigenvalue weighted by molar-refractivity contribution is 5.51. The number of piperazine rings is 1. The molecule has 1 saturated heterocycles. The van der Waals surface area contributed by atoms with Crippen molar-refractivity contribution >= 4 is 17.1 Å². The molecular weight excluding hydrogens is 359 g/mol. The molecule has 1 fully saturated rings. The van der Waals surface area contributed by atoms with Crippen LogP contribution < -0.4 is 10.2 Å². The third-order valence-electron chi connectivity index (χ3n) is 5.18. The van der Waals surface area contributed by atoms with Gasteiger partial charge in [-0.25, -0.2) is 4.39 Å². The fourth-order valence-electron chi connectivity index (χ4n) is 3.50. The third-order valence-corrected chi connectivity index (χ3v) is 5.18. The van der Waals surface area contributed by atoms with Gasteiger partial charge in [0.1, 0.15) is 0 Å². The zero-order valence-electron chi connectivity index (χ0n) is 16.4. The predicted octanol–water partition coefficient (Wildman–Crippen LogP) is 4.06. The zero-order chi connectivity index (χ0) is 20.1. The van der Waals surface area contributed by atoms with Crippen LogP contribution in [0.5, 0.6) is 0 Å². The Kier molecular flexibility index (Phi) is 6.46. The topological polar surface area (TPSA) is 61.6 Å². The van der Waals surface area contributed by atoms with Crippen LogP contribution in [0, 0.1) is 22.9 Å². The van der Waals surface area contributed by atoms with Crippen LogP contribution in [-0.4, -0.2) is 48.6 Å². The van der Waals surface area contributed by atoms with Gasteiger partial charge in [-0.05, 0) is 44.0 Å². The maximum atomic E-state index is 14.0. The Morgan fingerprint density at radius 1 is 1.18 bits per heavy atom.